The summed E-state index contributed by atoms with van der Waals surface area (Å²) in [4.78, 5) is 4.44. The molecule has 21 heavy (non-hydrogen) atoms. The van der Waals surface area contributed by atoms with Crippen LogP contribution in [0, 0.1) is 0 Å². The van der Waals surface area contributed by atoms with E-state index in [9.17, 15) is 0 Å². The third kappa shape index (κ3) is 5.69. The Bertz CT molecular complexity index is 586. The first-order chi connectivity index (χ1) is 10.0. The molecule has 3 heteroatoms. The van der Waals surface area contributed by atoms with Gasteiger partial charge in [0.1, 0.15) is 12.4 Å². The third-order valence-electron chi connectivity index (χ3n) is 2.66. The SMILES string of the molecule is CC(C)(C)Nc1cccc(OC/C=C/c2ccccc2)n1. The summed E-state index contributed by atoms with van der Waals surface area (Å²) in [6, 6.07) is 15.9. The summed E-state index contributed by atoms with van der Waals surface area (Å²) in [7, 11) is 0. The molecule has 0 unspecified atom stereocenters. The molecule has 1 aromatic carbocycles. The van der Waals surface area contributed by atoms with E-state index in [1.54, 1.807) is 0 Å². The van der Waals surface area contributed by atoms with Gasteiger partial charge < -0.3 is 10.1 Å². The molecule has 2 aromatic rings. The molecule has 0 saturated carbocycles. The van der Waals surface area contributed by atoms with Gasteiger partial charge in [-0.15, -0.1) is 0 Å². The number of nitrogens with zero attached hydrogens (tertiary/aromatic N) is 1. The Morgan fingerprint density at radius 3 is 2.52 bits per heavy atom. The first-order valence-corrected chi connectivity index (χ1v) is 7.12. The van der Waals surface area contributed by atoms with Crippen molar-refractivity contribution in [3.63, 3.8) is 0 Å². The van der Waals surface area contributed by atoms with Gasteiger partial charge in [-0.1, -0.05) is 42.5 Å². The Morgan fingerprint density at radius 1 is 1.05 bits per heavy atom. The van der Waals surface area contributed by atoms with E-state index in [-0.39, 0.29) is 5.54 Å². The fourth-order valence-corrected chi connectivity index (χ4v) is 1.83. The molecule has 0 fully saturated rings. The average Bonchev–Trinajstić information content (AvgIpc) is 2.43. The summed E-state index contributed by atoms with van der Waals surface area (Å²) in [6.07, 6.45) is 4.03. The lowest BCUT2D eigenvalue weighted by molar-refractivity contribution is 0.349. The van der Waals surface area contributed by atoms with Gasteiger partial charge in [0.25, 0.3) is 0 Å². The maximum atomic E-state index is 5.64. The Balaban J connectivity index is 1.89. The van der Waals surface area contributed by atoms with Gasteiger partial charge in [-0.05, 0) is 38.5 Å². The highest BCUT2D eigenvalue weighted by molar-refractivity contribution is 5.48. The lowest BCUT2D eigenvalue weighted by Crippen LogP contribution is -2.26. The monoisotopic (exact) mass is 282 g/mol. The summed E-state index contributed by atoms with van der Waals surface area (Å²) in [5.74, 6) is 1.45. The minimum Gasteiger partial charge on any atom is -0.473 e. The Hall–Kier alpha value is -2.29. The van der Waals surface area contributed by atoms with Gasteiger partial charge >= 0.3 is 0 Å². The molecule has 0 amide bonds. The van der Waals surface area contributed by atoms with Gasteiger partial charge in [-0.3, -0.25) is 0 Å². The van der Waals surface area contributed by atoms with E-state index in [2.05, 4.69) is 43.2 Å². The van der Waals surface area contributed by atoms with Gasteiger partial charge in [0, 0.05) is 11.6 Å². The largest absolute Gasteiger partial charge is 0.473 e. The Morgan fingerprint density at radius 2 is 1.81 bits per heavy atom. The number of hydrogen-bond donors (Lipinski definition) is 1. The molecule has 1 N–H and O–H groups in total. The van der Waals surface area contributed by atoms with Gasteiger partial charge in [0.15, 0.2) is 0 Å². The summed E-state index contributed by atoms with van der Waals surface area (Å²) < 4.78 is 5.64. The molecule has 1 heterocycles. The molecule has 0 saturated heterocycles. The number of aromatic nitrogens is 1. The molecular weight excluding hydrogens is 260 g/mol. The maximum absolute atomic E-state index is 5.64. The zero-order valence-electron chi connectivity index (χ0n) is 12.8. The fourth-order valence-electron chi connectivity index (χ4n) is 1.83. The fraction of sp³-hybridized carbons (Fsp3) is 0.278. The van der Waals surface area contributed by atoms with Gasteiger partial charge in [0.2, 0.25) is 5.88 Å². The van der Waals surface area contributed by atoms with Crippen LogP contribution in [-0.4, -0.2) is 17.1 Å². The highest BCUT2D eigenvalue weighted by Crippen LogP contribution is 2.15. The average molecular weight is 282 g/mol. The van der Waals surface area contributed by atoms with Crippen LogP contribution in [0.1, 0.15) is 26.3 Å². The predicted molar refractivity (Wildman–Crippen MR) is 88.6 cm³/mol. The van der Waals surface area contributed by atoms with Crippen molar-refractivity contribution < 1.29 is 4.74 Å². The zero-order chi connectivity index (χ0) is 15.1. The van der Waals surface area contributed by atoms with Gasteiger partial charge in [0.05, 0.1) is 0 Å². The lowest BCUT2D eigenvalue weighted by Gasteiger charge is -2.21. The van der Waals surface area contributed by atoms with E-state index in [1.807, 2.05) is 48.6 Å². The van der Waals surface area contributed by atoms with Crippen molar-refractivity contribution in [1.82, 2.24) is 4.98 Å². The molecular formula is C18H22N2O. The maximum Gasteiger partial charge on any atom is 0.215 e. The molecule has 0 aliphatic carbocycles. The molecule has 0 radical (unpaired) electrons. The molecule has 0 aliphatic rings. The molecule has 1 aromatic heterocycles. The van der Waals surface area contributed by atoms with Gasteiger partial charge in [-0.25, -0.2) is 0 Å². The van der Waals surface area contributed by atoms with Crippen LogP contribution in [0.25, 0.3) is 6.08 Å². The normalized spacial score (nSPS) is 11.6. The second kappa shape index (κ2) is 6.93. The van der Waals surface area contributed by atoms with E-state index in [1.165, 1.54) is 0 Å². The van der Waals surface area contributed by atoms with Crippen LogP contribution in [0.3, 0.4) is 0 Å². The van der Waals surface area contributed by atoms with Crippen LogP contribution in [-0.2, 0) is 0 Å². The molecule has 3 nitrogen and oxygen atoms in total. The Labute approximate surface area is 126 Å². The summed E-state index contributed by atoms with van der Waals surface area (Å²) in [5, 5.41) is 3.33. The molecule has 0 atom stereocenters. The molecule has 0 spiro atoms. The topological polar surface area (TPSA) is 34.1 Å². The van der Waals surface area contributed by atoms with E-state index in [4.69, 9.17) is 4.74 Å². The zero-order valence-corrected chi connectivity index (χ0v) is 12.8. The Kier molecular flexibility index (Phi) is 4.99. The summed E-state index contributed by atoms with van der Waals surface area (Å²) >= 11 is 0. The van der Waals surface area contributed by atoms with Crippen LogP contribution >= 0.6 is 0 Å². The quantitative estimate of drug-likeness (QED) is 0.883. The number of pyridine rings is 1. The molecule has 0 aliphatic heterocycles. The van der Waals surface area contributed by atoms with Gasteiger partial charge in [-0.2, -0.15) is 4.98 Å². The molecule has 110 valence electrons. The number of benzene rings is 1. The first kappa shape index (κ1) is 15.1. The van der Waals surface area contributed by atoms with Crippen LogP contribution in [0.5, 0.6) is 5.88 Å². The first-order valence-electron chi connectivity index (χ1n) is 7.12. The van der Waals surface area contributed by atoms with E-state index in [0.717, 1.165) is 11.4 Å². The number of anilines is 1. The minimum atomic E-state index is -0.0150. The second-order valence-electron chi connectivity index (χ2n) is 5.86. The number of hydrogen-bond acceptors (Lipinski definition) is 3. The molecule has 2 rings (SSSR count). The van der Waals surface area contributed by atoms with Crippen molar-refractivity contribution in [3.05, 3.63) is 60.2 Å². The summed E-state index contributed by atoms with van der Waals surface area (Å²) in [5.41, 5.74) is 1.15. The highest BCUT2D eigenvalue weighted by Gasteiger charge is 2.10. The number of nitrogens with one attached hydrogen (secondary N) is 1. The molecule has 0 bridgehead atoms. The van der Waals surface area contributed by atoms with Crippen molar-refractivity contribution in [2.24, 2.45) is 0 Å². The third-order valence-corrected chi connectivity index (χ3v) is 2.66. The predicted octanol–water partition coefficient (Wildman–Crippen LogP) is 4.38. The van der Waals surface area contributed by atoms with E-state index in [0.29, 0.717) is 12.5 Å². The highest BCUT2D eigenvalue weighted by atomic mass is 16.5. The smallest absolute Gasteiger partial charge is 0.215 e. The van der Waals surface area contributed by atoms with Crippen molar-refractivity contribution in [1.29, 1.82) is 0 Å². The minimum absolute atomic E-state index is 0.0150. The number of rotatable bonds is 5. The van der Waals surface area contributed by atoms with Crippen molar-refractivity contribution >= 4 is 11.9 Å². The van der Waals surface area contributed by atoms with E-state index >= 15 is 0 Å². The van der Waals surface area contributed by atoms with Crippen molar-refractivity contribution in [2.75, 3.05) is 11.9 Å². The standard InChI is InChI=1S/C18H22N2O/c1-18(2,3)20-16-12-7-13-17(19-16)21-14-8-11-15-9-5-4-6-10-15/h4-13H,14H2,1-3H3,(H,19,20)/b11-8+. The van der Waals surface area contributed by atoms with Crippen LogP contribution in [0.4, 0.5) is 5.82 Å². The van der Waals surface area contributed by atoms with Crippen molar-refractivity contribution in [2.45, 2.75) is 26.3 Å². The lowest BCUT2D eigenvalue weighted by atomic mass is 10.1. The number of ether oxygens (including phenoxy) is 1. The summed E-state index contributed by atoms with van der Waals surface area (Å²) in [6.45, 7) is 6.81. The van der Waals surface area contributed by atoms with Crippen molar-refractivity contribution in [3.8, 4) is 5.88 Å². The van der Waals surface area contributed by atoms with E-state index < -0.39 is 0 Å². The second-order valence-corrected chi connectivity index (χ2v) is 5.86. The van der Waals surface area contributed by atoms with Crippen LogP contribution in [0.2, 0.25) is 0 Å². The van der Waals surface area contributed by atoms with Crippen LogP contribution < -0.4 is 10.1 Å². The van der Waals surface area contributed by atoms with Crippen LogP contribution in [0.15, 0.2) is 54.6 Å².